The molecule has 0 spiro atoms. The van der Waals surface area contributed by atoms with Crippen LogP contribution in [0.25, 0.3) is 0 Å². The average Bonchev–Trinajstić information content (AvgIpc) is 2.27. The number of nitrogens with zero attached hydrogens (tertiary/aromatic N) is 1. The molecule has 0 aromatic carbocycles. The molecule has 0 aliphatic heterocycles. The van der Waals surface area contributed by atoms with Crippen molar-refractivity contribution in [3.05, 3.63) is 29.6 Å². The van der Waals surface area contributed by atoms with Gasteiger partial charge in [0.25, 0.3) is 0 Å². The predicted octanol–water partition coefficient (Wildman–Crippen LogP) is 0.0976. The fraction of sp³-hybridized carbons (Fsp3) is 0.455. The fourth-order valence-corrected chi connectivity index (χ4v) is 2.79. The standard InChI is InChI=1S/C11H16N2O5S/c1-8(2)7-9(11(14)15)12-19(17,18)10-5-3-4-6-13(10)16/h3-6,8-9,12H,7H2,1-2H3,(H,14,15)/t9-/m0/s1. The Labute approximate surface area is 111 Å². The molecule has 19 heavy (non-hydrogen) atoms. The zero-order valence-electron chi connectivity index (χ0n) is 10.6. The molecule has 1 aromatic heterocycles. The van der Waals surface area contributed by atoms with Crippen molar-refractivity contribution in [3.8, 4) is 0 Å². The molecule has 0 aliphatic rings. The van der Waals surface area contributed by atoms with Gasteiger partial charge in [0.2, 0.25) is 0 Å². The van der Waals surface area contributed by atoms with Crippen molar-refractivity contribution in [1.29, 1.82) is 0 Å². The molecule has 1 atom stereocenters. The Balaban J connectivity index is 3.01. The number of aliphatic carboxylic acids is 1. The van der Waals surface area contributed by atoms with Crippen LogP contribution >= 0.6 is 0 Å². The largest absolute Gasteiger partial charge is 0.618 e. The van der Waals surface area contributed by atoms with E-state index in [0.717, 1.165) is 12.3 Å². The highest BCUT2D eigenvalue weighted by atomic mass is 32.2. The lowest BCUT2D eigenvalue weighted by Gasteiger charge is -2.15. The van der Waals surface area contributed by atoms with E-state index in [1.165, 1.54) is 12.1 Å². The van der Waals surface area contributed by atoms with Crippen molar-refractivity contribution in [2.24, 2.45) is 5.92 Å². The second-order valence-electron chi connectivity index (χ2n) is 4.51. The summed E-state index contributed by atoms with van der Waals surface area (Å²) in [6, 6.07) is 2.63. The Morgan fingerprint density at radius 3 is 2.58 bits per heavy atom. The monoisotopic (exact) mass is 288 g/mol. The van der Waals surface area contributed by atoms with Gasteiger partial charge >= 0.3 is 21.0 Å². The molecule has 0 saturated carbocycles. The molecule has 1 rings (SSSR count). The van der Waals surface area contributed by atoms with E-state index in [2.05, 4.69) is 0 Å². The predicted molar refractivity (Wildman–Crippen MR) is 66.6 cm³/mol. The molecule has 0 unspecified atom stereocenters. The maximum Gasteiger partial charge on any atom is 0.323 e. The number of carboxylic acids is 1. The maximum atomic E-state index is 12.0. The van der Waals surface area contributed by atoms with Gasteiger partial charge in [-0.25, -0.2) is 8.42 Å². The number of carboxylic acid groups (broad SMARTS) is 1. The summed E-state index contributed by atoms with van der Waals surface area (Å²) in [5.41, 5.74) is 0. The highest BCUT2D eigenvalue weighted by molar-refractivity contribution is 7.89. The van der Waals surface area contributed by atoms with Crippen molar-refractivity contribution < 1.29 is 23.0 Å². The first-order chi connectivity index (χ1) is 8.74. The summed E-state index contributed by atoms with van der Waals surface area (Å²) in [5, 5.41) is 19.9. The average molecular weight is 288 g/mol. The Morgan fingerprint density at radius 2 is 2.11 bits per heavy atom. The number of hydrogen-bond acceptors (Lipinski definition) is 4. The molecular weight excluding hydrogens is 272 g/mol. The molecule has 0 fully saturated rings. The van der Waals surface area contributed by atoms with Gasteiger partial charge in [-0.2, -0.15) is 9.45 Å². The van der Waals surface area contributed by atoms with E-state index in [9.17, 15) is 18.4 Å². The molecule has 8 heteroatoms. The van der Waals surface area contributed by atoms with E-state index in [1.54, 1.807) is 13.8 Å². The Bertz CT molecular complexity index is 556. The minimum Gasteiger partial charge on any atom is -0.618 e. The Kier molecular flexibility index (Phi) is 4.84. The van der Waals surface area contributed by atoms with Gasteiger partial charge in [0.05, 0.1) is 0 Å². The van der Waals surface area contributed by atoms with Crippen LogP contribution in [0.15, 0.2) is 29.4 Å². The zero-order chi connectivity index (χ0) is 14.6. The SMILES string of the molecule is CC(C)C[C@H](NS(=O)(=O)c1cccc[n+]1[O-])C(=O)O. The molecule has 0 saturated heterocycles. The lowest BCUT2D eigenvalue weighted by atomic mass is 10.1. The summed E-state index contributed by atoms with van der Waals surface area (Å²) in [7, 11) is -4.16. The highest BCUT2D eigenvalue weighted by Crippen LogP contribution is 2.09. The molecule has 0 radical (unpaired) electrons. The van der Waals surface area contributed by atoms with E-state index in [-0.39, 0.29) is 17.1 Å². The topological polar surface area (TPSA) is 110 Å². The zero-order valence-corrected chi connectivity index (χ0v) is 11.4. The van der Waals surface area contributed by atoms with Crippen LogP contribution in [0.1, 0.15) is 20.3 Å². The van der Waals surface area contributed by atoms with Gasteiger partial charge in [0, 0.05) is 12.1 Å². The smallest absolute Gasteiger partial charge is 0.323 e. The van der Waals surface area contributed by atoms with Gasteiger partial charge < -0.3 is 10.3 Å². The van der Waals surface area contributed by atoms with Crippen LogP contribution in [-0.2, 0) is 14.8 Å². The summed E-state index contributed by atoms with van der Waals surface area (Å²) in [6.45, 7) is 3.56. The molecule has 1 aromatic rings. The Hall–Kier alpha value is -1.67. The van der Waals surface area contributed by atoms with Crippen LogP contribution in [0.5, 0.6) is 0 Å². The van der Waals surface area contributed by atoms with Crippen LogP contribution in [0.4, 0.5) is 0 Å². The van der Waals surface area contributed by atoms with Crippen LogP contribution in [-0.4, -0.2) is 25.5 Å². The van der Waals surface area contributed by atoms with Crippen molar-refractivity contribution in [3.63, 3.8) is 0 Å². The van der Waals surface area contributed by atoms with Crippen LogP contribution in [0.3, 0.4) is 0 Å². The molecular formula is C11H16N2O5S. The first-order valence-corrected chi connectivity index (χ1v) is 7.15. The van der Waals surface area contributed by atoms with E-state index in [4.69, 9.17) is 5.11 Å². The fourth-order valence-electron chi connectivity index (χ4n) is 1.54. The lowest BCUT2D eigenvalue weighted by Crippen LogP contribution is -2.45. The molecule has 106 valence electrons. The van der Waals surface area contributed by atoms with Crippen LogP contribution < -0.4 is 9.45 Å². The molecule has 0 aliphatic carbocycles. The number of aromatic nitrogens is 1. The van der Waals surface area contributed by atoms with Crippen molar-refractivity contribution >= 4 is 16.0 Å². The number of sulfonamides is 1. The van der Waals surface area contributed by atoms with Crippen molar-refractivity contribution in [1.82, 2.24) is 4.72 Å². The first-order valence-electron chi connectivity index (χ1n) is 5.67. The van der Waals surface area contributed by atoms with Gasteiger partial charge in [0.1, 0.15) is 6.04 Å². The lowest BCUT2D eigenvalue weighted by molar-refractivity contribution is -0.646. The summed E-state index contributed by atoms with van der Waals surface area (Å²) >= 11 is 0. The van der Waals surface area contributed by atoms with Gasteiger partial charge in [-0.15, -0.1) is 0 Å². The molecule has 0 amide bonds. The highest BCUT2D eigenvalue weighted by Gasteiger charge is 2.30. The number of hydrogen-bond donors (Lipinski definition) is 2. The minimum absolute atomic E-state index is 0.000974. The maximum absolute atomic E-state index is 12.0. The van der Waals surface area contributed by atoms with Gasteiger partial charge in [-0.3, -0.25) is 4.79 Å². The summed E-state index contributed by atoms with van der Waals surface area (Å²) in [6.07, 6.45) is 1.17. The third kappa shape index (κ3) is 4.18. The van der Waals surface area contributed by atoms with Gasteiger partial charge in [0.15, 0.2) is 6.20 Å². The molecule has 7 nitrogen and oxygen atoms in total. The number of rotatable bonds is 6. The summed E-state index contributed by atoms with van der Waals surface area (Å²) < 4.78 is 26.1. The van der Waals surface area contributed by atoms with E-state index in [1.807, 2.05) is 4.72 Å². The van der Waals surface area contributed by atoms with Gasteiger partial charge in [-0.1, -0.05) is 13.8 Å². The normalized spacial score (nSPS) is 13.4. The minimum atomic E-state index is -4.16. The number of nitrogens with one attached hydrogen (secondary N) is 1. The Morgan fingerprint density at radius 1 is 1.47 bits per heavy atom. The molecule has 0 bridgehead atoms. The first kappa shape index (κ1) is 15.4. The summed E-state index contributed by atoms with van der Waals surface area (Å²) in [5.74, 6) is -1.27. The third-order valence-electron chi connectivity index (χ3n) is 2.37. The van der Waals surface area contributed by atoms with E-state index < -0.39 is 27.1 Å². The van der Waals surface area contributed by atoms with E-state index in [0.29, 0.717) is 0 Å². The third-order valence-corrected chi connectivity index (χ3v) is 3.83. The van der Waals surface area contributed by atoms with Crippen molar-refractivity contribution in [2.75, 3.05) is 0 Å². The second-order valence-corrected chi connectivity index (χ2v) is 6.17. The van der Waals surface area contributed by atoms with Crippen LogP contribution in [0.2, 0.25) is 0 Å². The van der Waals surface area contributed by atoms with Gasteiger partial charge in [-0.05, 0) is 18.4 Å². The second kappa shape index (κ2) is 5.98. The van der Waals surface area contributed by atoms with Crippen molar-refractivity contribution in [2.45, 2.75) is 31.3 Å². The van der Waals surface area contributed by atoms with Crippen LogP contribution in [0, 0.1) is 11.1 Å². The molecule has 2 N–H and O–H groups in total. The number of carbonyl (C=O) groups is 1. The quantitative estimate of drug-likeness (QED) is 0.569. The van der Waals surface area contributed by atoms with E-state index >= 15 is 0 Å². The number of pyridine rings is 1. The molecule has 1 heterocycles. The summed E-state index contributed by atoms with van der Waals surface area (Å²) in [4.78, 5) is 11.0.